The highest BCUT2D eigenvalue weighted by atomic mass is 32.1. The summed E-state index contributed by atoms with van der Waals surface area (Å²) in [4.78, 5) is 10.8. The predicted octanol–water partition coefficient (Wildman–Crippen LogP) is 2.30. The minimum absolute atomic E-state index is 0.217. The summed E-state index contributed by atoms with van der Waals surface area (Å²) in [7, 11) is -0.710. The Kier molecular flexibility index (Phi) is 5.43. The van der Waals surface area contributed by atoms with Crippen LogP contribution >= 0.6 is 14.3 Å². The number of methoxy groups -OCH3 is 1. The predicted molar refractivity (Wildman–Crippen MR) is 53.2 cm³/mol. The molecule has 0 bridgehead atoms. The average Bonchev–Trinajstić information content (AvgIpc) is 2.16. The first-order valence-electron chi connectivity index (χ1n) is 4.10. The maximum absolute atomic E-state index is 11.8. The highest BCUT2D eigenvalue weighted by molar-refractivity contribution is 8.27. The normalized spacial score (nSPS) is 12.4. The van der Waals surface area contributed by atoms with Crippen LogP contribution in [0.3, 0.4) is 0 Å². The number of ether oxygens (including phenoxy) is 1. The van der Waals surface area contributed by atoms with Crippen LogP contribution in [0.15, 0.2) is 0 Å². The Bertz CT molecular complexity index is 241. The fourth-order valence-corrected chi connectivity index (χ4v) is 5.54. The van der Waals surface area contributed by atoms with Gasteiger partial charge in [0.05, 0.1) is 7.11 Å². The molecule has 0 aromatic rings. The summed E-state index contributed by atoms with van der Waals surface area (Å²) in [6.45, 7) is 0.831. The van der Waals surface area contributed by atoms with E-state index in [1.165, 1.54) is 7.11 Å². The molecule has 0 aromatic carbocycles. The van der Waals surface area contributed by atoms with E-state index in [0.717, 1.165) is 0 Å². The molecule has 1 atom stereocenters. The molecule has 1 unspecified atom stereocenters. The molecule has 4 nitrogen and oxygen atoms in total. The van der Waals surface area contributed by atoms with Gasteiger partial charge in [-0.3, -0.25) is 4.57 Å². The van der Waals surface area contributed by atoms with Crippen molar-refractivity contribution in [2.24, 2.45) is 0 Å². The lowest BCUT2D eigenvalue weighted by atomic mass is 10.8. The van der Waals surface area contributed by atoms with E-state index in [1.54, 1.807) is 13.8 Å². The van der Waals surface area contributed by atoms with Gasteiger partial charge in [-0.05, 0) is 0 Å². The van der Waals surface area contributed by atoms with Crippen LogP contribution in [0.2, 0.25) is 0 Å². The number of carbonyl (C=O) groups is 1. The summed E-state index contributed by atoms with van der Waals surface area (Å²) < 4.78 is 27.7. The van der Waals surface area contributed by atoms with E-state index < -0.39 is 20.3 Å². The lowest BCUT2D eigenvalue weighted by Gasteiger charge is -2.00. The Morgan fingerprint density at radius 2 is 1.85 bits per heavy atom. The fraction of sp³-hybridized carbons (Fsp3) is 0.857. The minimum Gasteiger partial charge on any atom is -0.466 e. The molecule has 0 spiro atoms. The quantitative estimate of drug-likeness (QED) is 0.532. The number of hydrogen-bond acceptors (Lipinski definition) is 4. The second-order valence-corrected chi connectivity index (χ2v) is 10.1. The molecular weight excluding hydrogens is 210 g/mol. The molecule has 76 valence electrons. The molecule has 0 fully saturated rings. The molecule has 0 radical (unpaired) electrons. The average molecular weight is 225 g/mol. The van der Waals surface area contributed by atoms with Gasteiger partial charge in [0.25, 0.3) is 0 Å². The zero-order chi connectivity index (χ0) is 10.5. The number of carbonyl (C=O) groups excluding carboxylic acids is 1. The van der Waals surface area contributed by atoms with Crippen LogP contribution in [0, 0.1) is 0 Å². The Hall–Kier alpha value is -0.200. The van der Waals surface area contributed by atoms with Gasteiger partial charge in [-0.25, -0.2) is 4.79 Å². The first kappa shape index (κ1) is 12.8. The van der Waals surface area contributed by atoms with Crippen LogP contribution in [0.1, 0.15) is 13.8 Å². The largest absolute Gasteiger partial charge is 0.466 e. The summed E-state index contributed by atoms with van der Waals surface area (Å²) in [6, 6.07) is 0. The van der Waals surface area contributed by atoms with Gasteiger partial charge in [0, 0.05) is 12.3 Å². The van der Waals surface area contributed by atoms with Crippen LogP contribution in [0.25, 0.3) is 0 Å². The Morgan fingerprint density at radius 3 is 2.15 bits per heavy atom. The minimum atomic E-state index is -2.63. The van der Waals surface area contributed by atoms with Gasteiger partial charge >= 0.3 is 20.3 Å². The summed E-state index contributed by atoms with van der Waals surface area (Å²) in [6.07, 6.45) is 0.552. The van der Waals surface area contributed by atoms with Crippen molar-refractivity contribution in [1.82, 2.24) is 0 Å². The van der Waals surface area contributed by atoms with Gasteiger partial charge < -0.3 is 4.74 Å². The maximum atomic E-state index is 11.8. The second kappa shape index (κ2) is 5.51. The summed E-state index contributed by atoms with van der Waals surface area (Å²) in [5.74, 6) is -0.553. The van der Waals surface area contributed by atoms with Gasteiger partial charge in [0.2, 0.25) is 6.16 Å². The van der Waals surface area contributed by atoms with Crippen LogP contribution in [-0.4, -0.2) is 31.6 Å². The highest BCUT2D eigenvalue weighted by Gasteiger charge is 2.41. The van der Waals surface area contributed by atoms with E-state index in [4.69, 9.17) is 0 Å². The van der Waals surface area contributed by atoms with Gasteiger partial charge in [0.15, 0.2) is 0 Å². The topological polar surface area (TPSA) is 60.4 Å². The van der Waals surface area contributed by atoms with Gasteiger partial charge in [-0.2, -0.15) is 0 Å². The van der Waals surface area contributed by atoms with Gasteiger partial charge in [-0.1, -0.05) is 18.4 Å². The first-order chi connectivity index (χ1) is 6.00. The van der Waals surface area contributed by atoms with Crippen LogP contribution in [-0.2, 0) is 18.7 Å². The van der Waals surface area contributed by atoms with Gasteiger partial charge in [0.1, 0.15) is 0 Å². The van der Waals surface area contributed by atoms with Crippen molar-refractivity contribution in [1.29, 1.82) is 0 Å². The standard InChI is InChI=1S/C7H15O4P2/c1-4-13(10,5-2)12(9)6-7(8)11-3/h4-6H2,1-3H3/q+1. The van der Waals surface area contributed by atoms with Crippen LogP contribution in [0.5, 0.6) is 0 Å². The Balaban J connectivity index is 4.41. The lowest BCUT2D eigenvalue weighted by Crippen LogP contribution is -2.03. The molecule has 0 heterocycles. The van der Waals surface area contributed by atoms with Crippen LogP contribution in [0.4, 0.5) is 0 Å². The number of rotatable bonds is 5. The molecule has 0 aliphatic heterocycles. The van der Waals surface area contributed by atoms with Crippen molar-refractivity contribution < 1.29 is 18.7 Å². The molecule has 13 heavy (non-hydrogen) atoms. The molecule has 0 aliphatic rings. The lowest BCUT2D eigenvalue weighted by molar-refractivity contribution is -0.137. The smallest absolute Gasteiger partial charge is 0.402 e. The van der Waals surface area contributed by atoms with Crippen molar-refractivity contribution in [3.8, 4) is 0 Å². The monoisotopic (exact) mass is 225 g/mol. The Labute approximate surface area is 79.1 Å². The van der Waals surface area contributed by atoms with Crippen molar-refractivity contribution in [2.45, 2.75) is 13.8 Å². The molecule has 0 rings (SSSR count). The van der Waals surface area contributed by atoms with Gasteiger partial charge in [-0.15, -0.1) is 0 Å². The molecular formula is C7H15O4P2+. The van der Waals surface area contributed by atoms with E-state index in [1.807, 2.05) is 0 Å². The summed E-state index contributed by atoms with van der Waals surface area (Å²) in [5, 5.41) is 0. The van der Waals surface area contributed by atoms with E-state index in [0.29, 0.717) is 12.3 Å². The number of hydrogen-bond donors (Lipinski definition) is 0. The van der Waals surface area contributed by atoms with Crippen molar-refractivity contribution >= 4 is 20.3 Å². The Morgan fingerprint density at radius 1 is 1.38 bits per heavy atom. The molecule has 0 N–H and O–H groups in total. The molecule has 0 saturated heterocycles. The molecule has 6 heteroatoms. The van der Waals surface area contributed by atoms with Crippen molar-refractivity contribution in [3.63, 3.8) is 0 Å². The van der Waals surface area contributed by atoms with E-state index in [9.17, 15) is 13.9 Å². The molecule has 0 saturated carbocycles. The number of esters is 1. The third-order valence-electron chi connectivity index (χ3n) is 1.89. The third kappa shape index (κ3) is 3.58. The van der Waals surface area contributed by atoms with E-state index in [-0.39, 0.29) is 6.16 Å². The van der Waals surface area contributed by atoms with E-state index >= 15 is 0 Å². The van der Waals surface area contributed by atoms with Crippen LogP contribution < -0.4 is 0 Å². The summed E-state index contributed by atoms with van der Waals surface area (Å²) >= 11 is 0. The fourth-order valence-electron chi connectivity index (χ4n) is 0.843. The molecule has 0 aromatic heterocycles. The summed E-state index contributed by atoms with van der Waals surface area (Å²) in [5.41, 5.74) is 0. The van der Waals surface area contributed by atoms with Crippen molar-refractivity contribution in [3.05, 3.63) is 0 Å². The highest BCUT2D eigenvalue weighted by Crippen LogP contribution is 2.67. The third-order valence-corrected chi connectivity index (χ3v) is 9.77. The zero-order valence-electron chi connectivity index (χ0n) is 8.15. The van der Waals surface area contributed by atoms with Crippen molar-refractivity contribution in [2.75, 3.05) is 25.6 Å². The molecule has 0 amide bonds. The van der Waals surface area contributed by atoms with E-state index in [2.05, 4.69) is 4.74 Å². The first-order valence-corrected chi connectivity index (χ1v) is 8.33. The maximum Gasteiger partial charge on any atom is 0.402 e. The SMILES string of the molecule is CCP(=O)(CC)[P+](=O)CC(=O)OC. The molecule has 0 aliphatic carbocycles. The zero-order valence-corrected chi connectivity index (χ0v) is 9.94. The second-order valence-electron chi connectivity index (χ2n) is 2.57.